The Morgan fingerprint density at radius 3 is 2.64 bits per heavy atom. The lowest BCUT2D eigenvalue weighted by Gasteiger charge is -1.87. The van der Waals surface area contributed by atoms with E-state index < -0.39 is 0 Å². The number of nitrogens with zero attached hydrogens (tertiary/aromatic N) is 2. The average molecular weight is 148 g/mol. The first kappa shape index (κ1) is 7.22. The van der Waals surface area contributed by atoms with Crippen LogP contribution in [0.1, 0.15) is 5.82 Å². The van der Waals surface area contributed by atoms with Crippen molar-refractivity contribution in [3.8, 4) is 17.6 Å². The second-order valence-corrected chi connectivity index (χ2v) is 1.65. The summed E-state index contributed by atoms with van der Waals surface area (Å²) >= 11 is 0. The molecule has 0 unspecified atom stereocenters. The second-order valence-electron chi connectivity index (χ2n) is 1.65. The predicted molar refractivity (Wildman–Crippen MR) is 36.6 cm³/mol. The van der Waals surface area contributed by atoms with Crippen molar-refractivity contribution in [2.75, 3.05) is 0 Å². The molecule has 0 amide bonds. The van der Waals surface area contributed by atoms with Gasteiger partial charge < -0.3 is 5.11 Å². The molecule has 4 heteroatoms. The van der Waals surface area contributed by atoms with Gasteiger partial charge in [0.15, 0.2) is 12.0 Å². The fourth-order valence-electron chi connectivity index (χ4n) is 0.480. The molecule has 0 saturated carbocycles. The highest BCUT2D eigenvalue weighted by Gasteiger charge is 1.89. The summed E-state index contributed by atoms with van der Waals surface area (Å²) in [6, 6.07) is 0. The molecule has 0 spiro atoms. The van der Waals surface area contributed by atoms with Crippen LogP contribution in [-0.2, 0) is 4.79 Å². The van der Waals surface area contributed by atoms with Crippen molar-refractivity contribution in [1.29, 1.82) is 0 Å². The minimum absolute atomic E-state index is 0.0262. The minimum atomic E-state index is -0.0262. The highest BCUT2D eigenvalue weighted by atomic mass is 16.3. The molecule has 54 valence electrons. The van der Waals surface area contributed by atoms with Gasteiger partial charge in [0.1, 0.15) is 0 Å². The zero-order valence-electron chi connectivity index (χ0n) is 5.48. The number of aromatic nitrogens is 2. The summed E-state index contributed by atoms with van der Waals surface area (Å²) in [7, 11) is 0. The van der Waals surface area contributed by atoms with Gasteiger partial charge in [0, 0.05) is 0 Å². The maximum Gasteiger partial charge on any atom is 0.205 e. The van der Waals surface area contributed by atoms with Crippen molar-refractivity contribution >= 4 is 6.29 Å². The van der Waals surface area contributed by atoms with E-state index in [1.807, 2.05) is 0 Å². The van der Waals surface area contributed by atoms with E-state index in [2.05, 4.69) is 21.8 Å². The summed E-state index contributed by atoms with van der Waals surface area (Å²) in [5.41, 5.74) is 0. The van der Waals surface area contributed by atoms with E-state index in [-0.39, 0.29) is 11.6 Å². The molecule has 4 nitrogen and oxygen atoms in total. The van der Waals surface area contributed by atoms with Gasteiger partial charge in [0.2, 0.25) is 5.82 Å². The average Bonchev–Trinajstić information content (AvgIpc) is 2.04. The summed E-state index contributed by atoms with van der Waals surface area (Å²) in [5.74, 6) is 4.71. The molecule has 0 aromatic carbocycles. The molecule has 0 fully saturated rings. The molecule has 0 atom stereocenters. The van der Waals surface area contributed by atoms with Crippen molar-refractivity contribution < 1.29 is 9.90 Å². The lowest BCUT2D eigenvalue weighted by Crippen LogP contribution is -1.85. The lowest BCUT2D eigenvalue weighted by atomic mass is 10.5. The molecule has 1 aromatic heterocycles. The first-order valence-corrected chi connectivity index (χ1v) is 2.79. The third-order valence-electron chi connectivity index (χ3n) is 0.881. The van der Waals surface area contributed by atoms with Gasteiger partial charge in [-0.2, -0.15) is 0 Å². The Labute approximate surface area is 62.9 Å². The Morgan fingerprint density at radius 2 is 2.09 bits per heavy atom. The lowest BCUT2D eigenvalue weighted by molar-refractivity contribution is -0.103. The van der Waals surface area contributed by atoms with E-state index in [0.29, 0.717) is 6.29 Å². The van der Waals surface area contributed by atoms with Crippen LogP contribution in [0.3, 0.4) is 0 Å². The van der Waals surface area contributed by atoms with Gasteiger partial charge in [-0.05, 0) is 11.8 Å². The molecule has 0 aliphatic rings. The van der Waals surface area contributed by atoms with Gasteiger partial charge in [-0.15, -0.1) is 0 Å². The highest BCUT2D eigenvalue weighted by molar-refractivity contribution is 5.73. The molecule has 0 aliphatic heterocycles. The predicted octanol–water partition coefficient (Wildman–Crippen LogP) is -0.267. The van der Waals surface area contributed by atoms with Crippen molar-refractivity contribution in [3.63, 3.8) is 0 Å². The Balaban J connectivity index is 2.90. The molecule has 1 heterocycles. The first-order chi connectivity index (χ1) is 5.33. The van der Waals surface area contributed by atoms with E-state index in [0.717, 1.165) is 0 Å². The van der Waals surface area contributed by atoms with Crippen LogP contribution in [0.5, 0.6) is 5.75 Å². The maximum absolute atomic E-state index is 9.77. The molecule has 0 aliphatic carbocycles. The summed E-state index contributed by atoms with van der Waals surface area (Å²) in [5, 5.41) is 8.74. The molecular formula is C7H4N2O2. The van der Waals surface area contributed by atoms with E-state index in [9.17, 15) is 4.79 Å². The van der Waals surface area contributed by atoms with Crippen LogP contribution in [-0.4, -0.2) is 21.4 Å². The molecule has 1 aromatic rings. The smallest absolute Gasteiger partial charge is 0.205 e. The van der Waals surface area contributed by atoms with Gasteiger partial charge >= 0.3 is 0 Å². The van der Waals surface area contributed by atoms with Gasteiger partial charge in [0.25, 0.3) is 0 Å². The fraction of sp³-hybridized carbons (Fsp3) is 0. The Bertz CT molecular complexity index is 307. The molecule has 0 saturated heterocycles. The third kappa shape index (κ3) is 2.06. The second kappa shape index (κ2) is 3.32. The normalized spacial score (nSPS) is 8.00. The Kier molecular flexibility index (Phi) is 2.18. The number of carbonyl (C=O) groups excluding carboxylic acids is 1. The molecule has 0 bridgehead atoms. The largest absolute Gasteiger partial charge is 0.505 e. The number of hydrogen-bond acceptors (Lipinski definition) is 4. The van der Waals surface area contributed by atoms with Gasteiger partial charge in [-0.3, -0.25) is 4.79 Å². The van der Waals surface area contributed by atoms with Crippen LogP contribution >= 0.6 is 0 Å². The van der Waals surface area contributed by atoms with Crippen LogP contribution in [0.4, 0.5) is 0 Å². The molecule has 11 heavy (non-hydrogen) atoms. The number of hydrogen-bond donors (Lipinski definition) is 1. The summed E-state index contributed by atoms with van der Waals surface area (Å²) in [6.07, 6.45) is 2.87. The molecule has 0 radical (unpaired) electrons. The Morgan fingerprint density at radius 1 is 1.45 bits per heavy atom. The zero-order chi connectivity index (χ0) is 8.10. The minimum Gasteiger partial charge on any atom is -0.505 e. The topological polar surface area (TPSA) is 63.1 Å². The van der Waals surface area contributed by atoms with Crippen molar-refractivity contribution in [2.24, 2.45) is 0 Å². The highest BCUT2D eigenvalue weighted by Crippen LogP contribution is 2.00. The Hall–Kier alpha value is -1.89. The summed E-state index contributed by atoms with van der Waals surface area (Å²) in [6.45, 7) is 0. The summed E-state index contributed by atoms with van der Waals surface area (Å²) in [4.78, 5) is 17.0. The SMILES string of the molecule is O=CC#Cc1ncc(O)cn1. The van der Waals surface area contributed by atoms with Crippen molar-refractivity contribution in [1.82, 2.24) is 9.97 Å². The standard InChI is InChI=1S/C7H4N2O2/c10-3-1-2-7-8-4-6(11)5-9-7/h3-5,11H. The van der Waals surface area contributed by atoms with E-state index in [4.69, 9.17) is 5.11 Å². The first-order valence-electron chi connectivity index (χ1n) is 2.79. The van der Waals surface area contributed by atoms with Crippen LogP contribution in [0, 0.1) is 11.8 Å². The quantitative estimate of drug-likeness (QED) is 0.406. The van der Waals surface area contributed by atoms with Gasteiger partial charge in [-0.1, -0.05) is 0 Å². The van der Waals surface area contributed by atoms with E-state index in [1.54, 1.807) is 0 Å². The van der Waals surface area contributed by atoms with Crippen LogP contribution < -0.4 is 0 Å². The summed E-state index contributed by atoms with van der Waals surface area (Å²) < 4.78 is 0. The number of rotatable bonds is 0. The van der Waals surface area contributed by atoms with Crippen LogP contribution in [0.2, 0.25) is 0 Å². The number of aldehydes is 1. The van der Waals surface area contributed by atoms with E-state index >= 15 is 0 Å². The zero-order valence-corrected chi connectivity index (χ0v) is 5.48. The van der Waals surface area contributed by atoms with Crippen LogP contribution in [0.15, 0.2) is 12.4 Å². The molecule has 1 rings (SSSR count). The molecule has 1 N–H and O–H groups in total. The van der Waals surface area contributed by atoms with E-state index in [1.165, 1.54) is 12.4 Å². The monoisotopic (exact) mass is 148 g/mol. The maximum atomic E-state index is 9.77. The molecular weight excluding hydrogens is 144 g/mol. The fourth-order valence-corrected chi connectivity index (χ4v) is 0.480. The van der Waals surface area contributed by atoms with Gasteiger partial charge in [-0.25, -0.2) is 9.97 Å². The number of aromatic hydroxyl groups is 1. The number of carbonyl (C=O) groups is 1. The van der Waals surface area contributed by atoms with Crippen LogP contribution in [0.25, 0.3) is 0 Å². The third-order valence-corrected chi connectivity index (χ3v) is 0.881. The van der Waals surface area contributed by atoms with Crippen molar-refractivity contribution in [3.05, 3.63) is 18.2 Å². The van der Waals surface area contributed by atoms with Crippen molar-refractivity contribution in [2.45, 2.75) is 0 Å². The van der Waals surface area contributed by atoms with Gasteiger partial charge in [0.05, 0.1) is 12.4 Å².